The Balaban J connectivity index is 1.68. The number of carbonyl (C=O) groups is 1. The first-order valence-electron chi connectivity index (χ1n) is 7.03. The topological polar surface area (TPSA) is 53.4 Å². The van der Waals surface area contributed by atoms with Crippen molar-refractivity contribution >= 4 is 17.3 Å². The van der Waals surface area contributed by atoms with Crippen molar-refractivity contribution in [3.63, 3.8) is 0 Å². The third-order valence-corrected chi connectivity index (χ3v) is 5.05. The third kappa shape index (κ3) is 2.99. The number of aromatic nitrogens is 1. The smallest absolute Gasteiger partial charge is 0.310 e. The van der Waals surface area contributed by atoms with Crippen molar-refractivity contribution in [1.29, 1.82) is 0 Å². The summed E-state index contributed by atoms with van der Waals surface area (Å²) in [5.41, 5.74) is 0.526. The van der Waals surface area contributed by atoms with Gasteiger partial charge in [-0.25, -0.2) is 4.98 Å². The van der Waals surface area contributed by atoms with Crippen molar-refractivity contribution < 1.29 is 9.90 Å². The molecule has 110 valence electrons. The van der Waals surface area contributed by atoms with E-state index in [2.05, 4.69) is 22.0 Å². The first-order valence-corrected chi connectivity index (χ1v) is 7.84. The Morgan fingerprint density at radius 1 is 1.43 bits per heavy atom. The average molecular weight is 302 g/mol. The second-order valence-electron chi connectivity index (χ2n) is 5.82. The number of rotatable bonds is 4. The molecule has 1 saturated heterocycles. The van der Waals surface area contributed by atoms with E-state index in [1.807, 2.05) is 31.3 Å². The van der Waals surface area contributed by atoms with Crippen molar-refractivity contribution in [2.24, 2.45) is 5.41 Å². The molecule has 0 amide bonds. The Morgan fingerprint density at radius 3 is 2.86 bits per heavy atom. The van der Waals surface area contributed by atoms with E-state index in [9.17, 15) is 9.90 Å². The second kappa shape index (κ2) is 5.58. The SMILES string of the molecule is C[C@@]1(C(=O)O)CCN(Cc2cnc(-c3ccccc3)s2)C1. The van der Waals surface area contributed by atoms with E-state index in [1.54, 1.807) is 11.3 Å². The summed E-state index contributed by atoms with van der Waals surface area (Å²) in [5.74, 6) is -0.695. The van der Waals surface area contributed by atoms with Gasteiger partial charge in [0, 0.05) is 29.7 Å². The summed E-state index contributed by atoms with van der Waals surface area (Å²) < 4.78 is 0. The molecule has 1 fully saturated rings. The van der Waals surface area contributed by atoms with Gasteiger partial charge in [-0.1, -0.05) is 30.3 Å². The molecular formula is C16H18N2O2S. The van der Waals surface area contributed by atoms with Crippen LogP contribution in [0.5, 0.6) is 0 Å². The number of likely N-dealkylation sites (tertiary alicyclic amines) is 1. The first kappa shape index (κ1) is 14.2. The van der Waals surface area contributed by atoms with E-state index >= 15 is 0 Å². The Labute approximate surface area is 128 Å². The van der Waals surface area contributed by atoms with Crippen LogP contribution in [0.2, 0.25) is 0 Å². The molecule has 5 heteroatoms. The van der Waals surface area contributed by atoms with Crippen molar-refractivity contribution in [2.45, 2.75) is 19.9 Å². The van der Waals surface area contributed by atoms with E-state index < -0.39 is 11.4 Å². The molecule has 1 atom stereocenters. The van der Waals surface area contributed by atoms with Crippen LogP contribution in [-0.4, -0.2) is 34.0 Å². The van der Waals surface area contributed by atoms with Crippen molar-refractivity contribution in [3.8, 4) is 10.6 Å². The lowest BCUT2D eigenvalue weighted by atomic mass is 9.90. The van der Waals surface area contributed by atoms with Crippen molar-refractivity contribution in [3.05, 3.63) is 41.4 Å². The Hall–Kier alpha value is -1.72. The van der Waals surface area contributed by atoms with Crippen molar-refractivity contribution in [2.75, 3.05) is 13.1 Å². The number of thiazole rings is 1. The standard InChI is InChI=1S/C16H18N2O2S/c1-16(15(19)20)7-8-18(11-16)10-13-9-17-14(21-13)12-5-3-2-4-6-12/h2-6,9H,7-8,10-11H2,1H3,(H,19,20)/t16-/m1/s1. The van der Waals surface area contributed by atoms with Gasteiger partial charge in [-0.3, -0.25) is 9.69 Å². The van der Waals surface area contributed by atoms with Crippen LogP contribution in [-0.2, 0) is 11.3 Å². The van der Waals surface area contributed by atoms with Gasteiger partial charge in [-0.05, 0) is 19.9 Å². The summed E-state index contributed by atoms with van der Waals surface area (Å²) in [6, 6.07) is 10.1. The number of aliphatic carboxylic acids is 1. The Kier molecular flexibility index (Phi) is 3.78. The minimum absolute atomic E-state index is 0.604. The van der Waals surface area contributed by atoms with Gasteiger partial charge in [-0.15, -0.1) is 11.3 Å². The molecule has 1 aliphatic heterocycles. The van der Waals surface area contributed by atoms with Gasteiger partial charge in [0.15, 0.2) is 0 Å². The largest absolute Gasteiger partial charge is 0.481 e. The number of benzene rings is 1. The normalized spacial score (nSPS) is 22.5. The average Bonchev–Trinajstić information content (AvgIpc) is 3.08. The van der Waals surface area contributed by atoms with E-state index in [1.165, 1.54) is 4.88 Å². The predicted molar refractivity (Wildman–Crippen MR) is 83.2 cm³/mol. The molecule has 3 rings (SSSR count). The molecule has 0 spiro atoms. The number of hydrogen-bond donors (Lipinski definition) is 1. The molecule has 2 heterocycles. The van der Waals surface area contributed by atoms with Gasteiger partial charge < -0.3 is 5.11 Å². The molecule has 1 N–H and O–H groups in total. The summed E-state index contributed by atoms with van der Waals surface area (Å²) in [6.07, 6.45) is 2.62. The number of carboxylic acid groups (broad SMARTS) is 1. The molecule has 1 aromatic heterocycles. The van der Waals surface area contributed by atoms with E-state index in [-0.39, 0.29) is 0 Å². The Morgan fingerprint density at radius 2 is 2.19 bits per heavy atom. The van der Waals surface area contributed by atoms with Gasteiger partial charge in [0.2, 0.25) is 0 Å². The fourth-order valence-corrected chi connectivity index (χ4v) is 3.64. The number of hydrogen-bond acceptors (Lipinski definition) is 4. The summed E-state index contributed by atoms with van der Waals surface area (Å²) >= 11 is 1.68. The molecule has 21 heavy (non-hydrogen) atoms. The molecule has 0 radical (unpaired) electrons. The lowest BCUT2D eigenvalue weighted by Gasteiger charge is -2.19. The van der Waals surface area contributed by atoms with Crippen LogP contribution in [0.4, 0.5) is 0 Å². The fraction of sp³-hybridized carbons (Fsp3) is 0.375. The van der Waals surface area contributed by atoms with Crippen LogP contribution >= 0.6 is 11.3 Å². The van der Waals surface area contributed by atoms with E-state index in [0.29, 0.717) is 13.0 Å². The third-order valence-electron chi connectivity index (χ3n) is 4.02. The van der Waals surface area contributed by atoms with Gasteiger partial charge in [0.1, 0.15) is 5.01 Å². The zero-order valence-corrected chi connectivity index (χ0v) is 12.8. The van der Waals surface area contributed by atoms with Crippen LogP contribution in [0.1, 0.15) is 18.2 Å². The van der Waals surface area contributed by atoms with Crippen LogP contribution in [0.25, 0.3) is 10.6 Å². The highest BCUT2D eigenvalue weighted by Crippen LogP contribution is 2.32. The molecular weight excluding hydrogens is 284 g/mol. The predicted octanol–water partition coefficient (Wildman–Crippen LogP) is 3.11. The molecule has 0 aliphatic carbocycles. The second-order valence-corrected chi connectivity index (χ2v) is 6.94. The zero-order chi connectivity index (χ0) is 14.9. The fourth-order valence-electron chi connectivity index (χ4n) is 2.68. The molecule has 1 aromatic carbocycles. The minimum atomic E-state index is -0.695. The van der Waals surface area contributed by atoms with Gasteiger partial charge in [0.25, 0.3) is 0 Å². The quantitative estimate of drug-likeness (QED) is 0.943. The highest BCUT2D eigenvalue weighted by Gasteiger charge is 2.40. The molecule has 2 aromatic rings. The summed E-state index contributed by atoms with van der Waals surface area (Å²) in [6.45, 7) is 4.06. The molecule has 1 aliphatic rings. The van der Waals surface area contributed by atoms with Crippen LogP contribution in [0, 0.1) is 5.41 Å². The summed E-state index contributed by atoms with van der Waals surface area (Å²) in [4.78, 5) is 19.1. The monoisotopic (exact) mass is 302 g/mol. The highest BCUT2D eigenvalue weighted by molar-refractivity contribution is 7.15. The zero-order valence-electron chi connectivity index (χ0n) is 12.0. The van der Waals surface area contributed by atoms with Gasteiger partial charge in [-0.2, -0.15) is 0 Å². The maximum atomic E-state index is 11.3. The first-order chi connectivity index (χ1) is 10.1. The van der Waals surface area contributed by atoms with Crippen molar-refractivity contribution in [1.82, 2.24) is 9.88 Å². The van der Waals surface area contributed by atoms with E-state index in [4.69, 9.17) is 0 Å². The maximum absolute atomic E-state index is 11.3. The summed E-state index contributed by atoms with van der Waals surface area (Å²) in [5, 5.41) is 10.3. The van der Waals surface area contributed by atoms with E-state index in [0.717, 1.165) is 23.7 Å². The number of nitrogens with zero attached hydrogens (tertiary/aromatic N) is 2. The van der Waals surface area contributed by atoms with Gasteiger partial charge >= 0.3 is 5.97 Å². The highest BCUT2D eigenvalue weighted by atomic mass is 32.1. The number of carboxylic acids is 1. The Bertz CT molecular complexity index is 641. The molecule has 0 unspecified atom stereocenters. The maximum Gasteiger partial charge on any atom is 0.310 e. The molecule has 0 saturated carbocycles. The lowest BCUT2D eigenvalue weighted by Crippen LogP contribution is -2.31. The van der Waals surface area contributed by atoms with Crippen LogP contribution in [0.3, 0.4) is 0 Å². The van der Waals surface area contributed by atoms with Gasteiger partial charge in [0.05, 0.1) is 5.41 Å². The summed E-state index contributed by atoms with van der Waals surface area (Å²) in [7, 11) is 0. The lowest BCUT2D eigenvalue weighted by molar-refractivity contribution is -0.147. The minimum Gasteiger partial charge on any atom is -0.481 e. The molecule has 4 nitrogen and oxygen atoms in total. The van der Waals surface area contributed by atoms with Crippen LogP contribution in [0.15, 0.2) is 36.5 Å². The molecule has 0 bridgehead atoms. The van der Waals surface area contributed by atoms with Crippen LogP contribution < -0.4 is 0 Å².